The van der Waals surface area contributed by atoms with E-state index in [2.05, 4.69) is 10.9 Å². The van der Waals surface area contributed by atoms with E-state index in [1.807, 2.05) is 38.1 Å². The van der Waals surface area contributed by atoms with E-state index in [4.69, 9.17) is 0 Å². The van der Waals surface area contributed by atoms with E-state index in [0.29, 0.717) is 18.7 Å². The molecule has 2 aliphatic rings. The summed E-state index contributed by atoms with van der Waals surface area (Å²) < 4.78 is 23.4. The van der Waals surface area contributed by atoms with Crippen molar-refractivity contribution in [2.75, 3.05) is 16.6 Å². The molecule has 174 valence electrons. The molecule has 0 saturated heterocycles. The van der Waals surface area contributed by atoms with Gasteiger partial charge in [-0.25, -0.2) is 8.42 Å². The number of rotatable bonds is 6. The molecule has 0 saturated carbocycles. The molecule has 7 nitrogen and oxygen atoms in total. The standard InChI is InChI=1S/C25H29N3O4S/c1-25(2)20-15-18(26-27-21-7-5-4-6-8-23(21)29)11-14-22(20)28(24(25)30)16-17-9-12-19(13-10-17)33(3,31)32/h7,9-15,26-27H,4-6,8,16H2,1-3H3. The maximum Gasteiger partial charge on any atom is 0.237 e. The Labute approximate surface area is 194 Å². The highest BCUT2D eigenvalue weighted by Gasteiger charge is 2.43. The van der Waals surface area contributed by atoms with Gasteiger partial charge in [0.15, 0.2) is 15.6 Å². The number of anilines is 2. The van der Waals surface area contributed by atoms with E-state index in [1.54, 1.807) is 29.2 Å². The summed E-state index contributed by atoms with van der Waals surface area (Å²) in [6.45, 7) is 4.15. The lowest BCUT2D eigenvalue weighted by Gasteiger charge is -2.20. The number of carbonyl (C=O) groups excluding carboxylic acids is 2. The number of nitrogens with zero attached hydrogens (tertiary/aromatic N) is 1. The first kappa shape index (κ1) is 23.0. The summed E-state index contributed by atoms with van der Waals surface area (Å²) in [5, 5.41) is 0. The van der Waals surface area contributed by atoms with Crippen molar-refractivity contribution in [3.63, 3.8) is 0 Å². The lowest BCUT2D eigenvalue weighted by Crippen LogP contribution is -2.35. The molecular formula is C25H29N3O4S. The number of fused-ring (bicyclic) bond motifs is 1. The summed E-state index contributed by atoms with van der Waals surface area (Å²) in [7, 11) is -3.27. The average Bonchev–Trinajstić information content (AvgIpc) is 2.90. The Balaban J connectivity index is 1.55. The molecule has 1 heterocycles. The van der Waals surface area contributed by atoms with Crippen molar-refractivity contribution >= 4 is 32.9 Å². The number of Topliss-reactive ketones (excluding diaryl/α,β-unsaturated/α-hetero) is 1. The maximum absolute atomic E-state index is 13.3. The minimum atomic E-state index is -3.27. The van der Waals surface area contributed by atoms with E-state index < -0.39 is 15.3 Å². The molecule has 2 aromatic rings. The van der Waals surface area contributed by atoms with Crippen LogP contribution in [0.4, 0.5) is 11.4 Å². The summed E-state index contributed by atoms with van der Waals surface area (Å²) in [4.78, 5) is 27.4. The van der Waals surface area contributed by atoms with Gasteiger partial charge in [-0.15, -0.1) is 0 Å². The second kappa shape index (κ2) is 8.67. The number of hydrogen-bond acceptors (Lipinski definition) is 6. The summed E-state index contributed by atoms with van der Waals surface area (Å²) in [6, 6.07) is 12.3. The fourth-order valence-corrected chi connectivity index (χ4v) is 4.91. The van der Waals surface area contributed by atoms with Gasteiger partial charge in [-0.1, -0.05) is 18.2 Å². The van der Waals surface area contributed by atoms with Gasteiger partial charge >= 0.3 is 0 Å². The van der Waals surface area contributed by atoms with Gasteiger partial charge in [0.25, 0.3) is 0 Å². The normalized spacial score (nSPS) is 17.9. The number of amides is 1. The van der Waals surface area contributed by atoms with E-state index in [-0.39, 0.29) is 16.6 Å². The molecule has 0 aromatic heterocycles. The second-order valence-corrected chi connectivity index (χ2v) is 11.2. The molecule has 1 aliphatic heterocycles. The Kier molecular flexibility index (Phi) is 6.05. The highest BCUT2D eigenvalue weighted by Crippen LogP contribution is 2.43. The second-order valence-electron chi connectivity index (χ2n) is 9.20. The molecule has 0 radical (unpaired) electrons. The first-order valence-electron chi connectivity index (χ1n) is 11.1. The largest absolute Gasteiger partial charge is 0.307 e. The smallest absolute Gasteiger partial charge is 0.237 e. The number of ketones is 1. The van der Waals surface area contributed by atoms with Crippen molar-refractivity contribution in [3.8, 4) is 0 Å². The van der Waals surface area contributed by atoms with Crippen LogP contribution in [0.3, 0.4) is 0 Å². The number of hydrazine groups is 1. The van der Waals surface area contributed by atoms with Crippen molar-refractivity contribution in [1.29, 1.82) is 0 Å². The van der Waals surface area contributed by atoms with Gasteiger partial charge in [0.05, 0.1) is 28.2 Å². The van der Waals surface area contributed by atoms with E-state index in [9.17, 15) is 18.0 Å². The van der Waals surface area contributed by atoms with Crippen molar-refractivity contribution in [1.82, 2.24) is 5.43 Å². The summed E-state index contributed by atoms with van der Waals surface area (Å²) in [5.74, 6) is 0.0844. The quantitative estimate of drug-likeness (QED) is 0.627. The molecule has 33 heavy (non-hydrogen) atoms. The van der Waals surface area contributed by atoms with Crippen molar-refractivity contribution in [2.45, 2.75) is 56.4 Å². The van der Waals surface area contributed by atoms with Crippen LogP contribution in [-0.4, -0.2) is 26.4 Å². The predicted octanol–water partition coefficient (Wildman–Crippen LogP) is 3.86. The van der Waals surface area contributed by atoms with Crippen LogP contribution in [0.2, 0.25) is 0 Å². The zero-order valence-electron chi connectivity index (χ0n) is 19.1. The molecular weight excluding hydrogens is 438 g/mol. The van der Waals surface area contributed by atoms with E-state index in [0.717, 1.165) is 41.8 Å². The van der Waals surface area contributed by atoms with Crippen molar-refractivity contribution in [3.05, 3.63) is 65.4 Å². The maximum atomic E-state index is 13.3. The van der Waals surface area contributed by atoms with Gasteiger partial charge in [-0.2, -0.15) is 0 Å². The van der Waals surface area contributed by atoms with Gasteiger partial charge in [-0.3, -0.25) is 15.0 Å². The van der Waals surface area contributed by atoms with Crippen LogP contribution >= 0.6 is 0 Å². The van der Waals surface area contributed by atoms with Crippen molar-refractivity contribution < 1.29 is 18.0 Å². The number of allylic oxidation sites excluding steroid dienone is 2. The molecule has 0 fully saturated rings. The van der Waals surface area contributed by atoms with Gasteiger partial charge < -0.3 is 10.3 Å². The number of benzene rings is 2. The average molecular weight is 468 g/mol. The van der Waals surface area contributed by atoms with Crippen LogP contribution in [0.5, 0.6) is 0 Å². The zero-order chi connectivity index (χ0) is 23.8. The lowest BCUT2D eigenvalue weighted by molar-refractivity contribution is -0.122. The molecule has 0 bridgehead atoms. The zero-order valence-corrected chi connectivity index (χ0v) is 20.0. The van der Waals surface area contributed by atoms with Gasteiger partial charge in [-0.05, 0) is 74.6 Å². The number of sulfone groups is 1. The third-order valence-corrected chi connectivity index (χ3v) is 7.41. The first-order valence-corrected chi connectivity index (χ1v) is 13.0. The van der Waals surface area contributed by atoms with Gasteiger partial charge in [0.1, 0.15) is 0 Å². The third-order valence-electron chi connectivity index (χ3n) is 6.28. The Morgan fingerprint density at radius 2 is 1.73 bits per heavy atom. The molecule has 4 rings (SSSR count). The molecule has 1 amide bonds. The van der Waals surface area contributed by atoms with E-state index in [1.165, 1.54) is 6.26 Å². The van der Waals surface area contributed by atoms with Gasteiger partial charge in [0, 0.05) is 18.4 Å². The monoisotopic (exact) mass is 467 g/mol. The molecule has 8 heteroatoms. The minimum Gasteiger partial charge on any atom is -0.307 e. The Morgan fingerprint density at radius 3 is 2.42 bits per heavy atom. The van der Waals surface area contributed by atoms with Crippen LogP contribution in [0, 0.1) is 0 Å². The molecule has 0 spiro atoms. The summed E-state index contributed by atoms with van der Waals surface area (Å²) in [5.41, 5.74) is 9.37. The fourth-order valence-electron chi connectivity index (χ4n) is 4.28. The van der Waals surface area contributed by atoms with Crippen LogP contribution in [-0.2, 0) is 31.4 Å². The number of carbonyl (C=O) groups is 2. The predicted molar refractivity (Wildman–Crippen MR) is 129 cm³/mol. The Bertz CT molecular complexity index is 1230. The third kappa shape index (κ3) is 4.66. The lowest BCUT2D eigenvalue weighted by atomic mass is 9.86. The Hall–Kier alpha value is -3.13. The number of hydrogen-bond donors (Lipinski definition) is 2. The highest BCUT2D eigenvalue weighted by atomic mass is 32.2. The van der Waals surface area contributed by atoms with Crippen molar-refractivity contribution in [2.24, 2.45) is 0 Å². The molecule has 0 unspecified atom stereocenters. The van der Waals surface area contributed by atoms with Crippen LogP contribution < -0.4 is 15.8 Å². The Morgan fingerprint density at radius 1 is 1.00 bits per heavy atom. The molecule has 1 aliphatic carbocycles. The molecule has 2 aromatic carbocycles. The highest BCUT2D eigenvalue weighted by molar-refractivity contribution is 7.90. The van der Waals surface area contributed by atoms with Crippen LogP contribution in [0.1, 0.15) is 50.7 Å². The van der Waals surface area contributed by atoms with Gasteiger partial charge in [0.2, 0.25) is 5.91 Å². The van der Waals surface area contributed by atoms with Crippen LogP contribution in [0.15, 0.2) is 59.1 Å². The molecule has 0 atom stereocenters. The van der Waals surface area contributed by atoms with E-state index >= 15 is 0 Å². The molecule has 2 N–H and O–H groups in total. The van der Waals surface area contributed by atoms with Crippen LogP contribution in [0.25, 0.3) is 0 Å². The number of nitrogens with one attached hydrogen (secondary N) is 2. The topological polar surface area (TPSA) is 95.6 Å². The fraction of sp³-hybridized carbons (Fsp3) is 0.360. The SMILES string of the molecule is CC1(C)C(=O)N(Cc2ccc(S(C)(=O)=O)cc2)c2ccc(NNC3=CCCCCC3=O)cc21. The first-order chi connectivity index (χ1) is 15.6. The minimum absolute atomic E-state index is 0.0172. The summed E-state index contributed by atoms with van der Waals surface area (Å²) >= 11 is 0. The summed E-state index contributed by atoms with van der Waals surface area (Å²) in [6.07, 6.45) is 6.45.